The van der Waals surface area contributed by atoms with Crippen molar-refractivity contribution in [3.8, 4) is 11.3 Å². The fourth-order valence-electron chi connectivity index (χ4n) is 3.08. The van der Waals surface area contributed by atoms with Crippen molar-refractivity contribution in [2.24, 2.45) is 4.99 Å². The number of benzene rings is 2. The average molecular weight is 371 g/mol. The first-order chi connectivity index (χ1) is 12.3. The van der Waals surface area contributed by atoms with Crippen molar-refractivity contribution in [3.63, 3.8) is 0 Å². The van der Waals surface area contributed by atoms with E-state index in [-0.39, 0.29) is 6.10 Å². The molecule has 0 aliphatic carbocycles. The monoisotopic (exact) mass is 370 g/mol. The lowest BCUT2D eigenvalue weighted by Crippen LogP contribution is -2.24. The van der Waals surface area contributed by atoms with E-state index in [1.54, 1.807) is 11.3 Å². The number of halogens is 1. The number of rotatable bonds is 4. The van der Waals surface area contributed by atoms with E-state index >= 15 is 0 Å². The summed E-state index contributed by atoms with van der Waals surface area (Å²) in [7, 11) is 0. The van der Waals surface area contributed by atoms with Crippen LogP contribution in [0.25, 0.3) is 11.3 Å². The Bertz CT molecular complexity index is 911. The molecule has 3 aromatic rings. The SMILES string of the molecule is Clc1ccccc1-c1csc(=Nc2ccccc2)n1C[C@H]1CCCO1. The minimum absolute atomic E-state index is 0.241. The average Bonchev–Trinajstić information content (AvgIpc) is 3.28. The predicted octanol–water partition coefficient (Wildman–Crippen LogP) is 5.28. The van der Waals surface area contributed by atoms with Crippen molar-refractivity contribution in [1.29, 1.82) is 0 Å². The van der Waals surface area contributed by atoms with Crippen molar-refractivity contribution in [1.82, 2.24) is 4.57 Å². The van der Waals surface area contributed by atoms with Gasteiger partial charge in [-0.3, -0.25) is 0 Å². The molecular weight excluding hydrogens is 352 g/mol. The van der Waals surface area contributed by atoms with Gasteiger partial charge >= 0.3 is 0 Å². The molecule has 4 rings (SSSR count). The molecule has 25 heavy (non-hydrogen) atoms. The second kappa shape index (κ2) is 7.56. The largest absolute Gasteiger partial charge is 0.376 e. The van der Waals surface area contributed by atoms with Gasteiger partial charge in [-0.2, -0.15) is 0 Å². The van der Waals surface area contributed by atoms with Crippen LogP contribution in [0.1, 0.15) is 12.8 Å². The molecule has 1 saturated heterocycles. The first kappa shape index (κ1) is 16.6. The van der Waals surface area contributed by atoms with Crippen LogP contribution in [0.3, 0.4) is 0 Å². The van der Waals surface area contributed by atoms with Gasteiger partial charge in [-0.1, -0.05) is 48.0 Å². The Hall–Kier alpha value is -1.88. The second-order valence-electron chi connectivity index (χ2n) is 6.08. The Labute approximate surface area is 156 Å². The molecule has 2 aromatic carbocycles. The van der Waals surface area contributed by atoms with Crippen LogP contribution in [0.5, 0.6) is 0 Å². The van der Waals surface area contributed by atoms with Crippen LogP contribution in [0.15, 0.2) is 65.0 Å². The van der Waals surface area contributed by atoms with Crippen molar-refractivity contribution in [2.75, 3.05) is 6.61 Å². The van der Waals surface area contributed by atoms with E-state index in [1.165, 1.54) is 0 Å². The zero-order valence-corrected chi connectivity index (χ0v) is 15.3. The van der Waals surface area contributed by atoms with Crippen molar-refractivity contribution in [2.45, 2.75) is 25.5 Å². The van der Waals surface area contributed by atoms with Crippen LogP contribution in [0.4, 0.5) is 5.69 Å². The van der Waals surface area contributed by atoms with Crippen molar-refractivity contribution < 1.29 is 4.74 Å². The van der Waals surface area contributed by atoms with Crippen molar-refractivity contribution >= 4 is 28.6 Å². The van der Waals surface area contributed by atoms with Gasteiger partial charge in [-0.05, 0) is 31.0 Å². The maximum Gasteiger partial charge on any atom is 0.190 e. The van der Waals surface area contributed by atoms with Gasteiger partial charge < -0.3 is 9.30 Å². The molecule has 2 heterocycles. The number of ether oxygens (including phenoxy) is 1. The number of hydrogen-bond acceptors (Lipinski definition) is 3. The molecule has 0 unspecified atom stereocenters. The fraction of sp³-hybridized carbons (Fsp3) is 0.250. The molecule has 1 atom stereocenters. The van der Waals surface area contributed by atoms with Crippen LogP contribution in [-0.4, -0.2) is 17.3 Å². The van der Waals surface area contributed by atoms with Gasteiger partial charge in [0.25, 0.3) is 0 Å². The second-order valence-corrected chi connectivity index (χ2v) is 7.32. The lowest BCUT2D eigenvalue weighted by atomic mass is 10.1. The quantitative estimate of drug-likeness (QED) is 0.613. The number of thiazole rings is 1. The summed E-state index contributed by atoms with van der Waals surface area (Å²) in [5.74, 6) is 0. The number of hydrogen-bond donors (Lipinski definition) is 0. The van der Waals surface area contributed by atoms with Gasteiger partial charge in [0, 0.05) is 22.6 Å². The highest BCUT2D eigenvalue weighted by Gasteiger charge is 2.19. The third kappa shape index (κ3) is 3.71. The Balaban J connectivity index is 1.82. The Morgan fingerprint density at radius 3 is 2.68 bits per heavy atom. The highest BCUT2D eigenvalue weighted by Crippen LogP contribution is 2.29. The third-order valence-electron chi connectivity index (χ3n) is 4.34. The van der Waals surface area contributed by atoms with E-state index < -0.39 is 0 Å². The zero-order valence-electron chi connectivity index (χ0n) is 13.8. The van der Waals surface area contributed by atoms with Gasteiger partial charge in [-0.15, -0.1) is 11.3 Å². The van der Waals surface area contributed by atoms with Crippen molar-refractivity contribution in [3.05, 3.63) is 69.8 Å². The Morgan fingerprint density at radius 1 is 1.12 bits per heavy atom. The molecule has 0 saturated carbocycles. The molecule has 1 aliphatic heterocycles. The minimum atomic E-state index is 0.241. The number of nitrogens with zero attached hydrogens (tertiary/aromatic N) is 2. The fourth-order valence-corrected chi connectivity index (χ4v) is 4.25. The van der Waals surface area contributed by atoms with E-state index in [9.17, 15) is 0 Å². The molecular formula is C20H19ClN2OS. The summed E-state index contributed by atoms with van der Waals surface area (Å²) < 4.78 is 8.11. The molecule has 0 amide bonds. The third-order valence-corrected chi connectivity index (χ3v) is 5.53. The van der Waals surface area contributed by atoms with E-state index in [2.05, 4.69) is 16.0 Å². The van der Waals surface area contributed by atoms with Crippen LogP contribution < -0.4 is 4.80 Å². The first-order valence-corrected chi connectivity index (χ1v) is 9.71. The molecule has 1 fully saturated rings. The summed E-state index contributed by atoms with van der Waals surface area (Å²) in [4.78, 5) is 5.81. The molecule has 0 spiro atoms. The smallest absolute Gasteiger partial charge is 0.190 e. The zero-order chi connectivity index (χ0) is 17.1. The van der Waals surface area contributed by atoms with Crippen LogP contribution in [0, 0.1) is 0 Å². The topological polar surface area (TPSA) is 26.5 Å². The van der Waals surface area contributed by atoms with E-state index in [4.69, 9.17) is 21.3 Å². The Morgan fingerprint density at radius 2 is 1.92 bits per heavy atom. The van der Waals surface area contributed by atoms with Gasteiger partial charge in [-0.25, -0.2) is 4.99 Å². The molecule has 0 N–H and O–H groups in total. The van der Waals surface area contributed by atoms with Gasteiger partial charge in [0.1, 0.15) is 0 Å². The highest BCUT2D eigenvalue weighted by molar-refractivity contribution is 7.07. The molecule has 3 nitrogen and oxygen atoms in total. The Kier molecular flexibility index (Phi) is 5.02. The molecule has 1 aliphatic rings. The van der Waals surface area contributed by atoms with E-state index in [0.29, 0.717) is 0 Å². The summed E-state index contributed by atoms with van der Waals surface area (Å²) in [6, 6.07) is 18.0. The molecule has 0 radical (unpaired) electrons. The van der Waals surface area contributed by atoms with E-state index in [0.717, 1.165) is 52.8 Å². The van der Waals surface area contributed by atoms with Gasteiger partial charge in [0.2, 0.25) is 0 Å². The lowest BCUT2D eigenvalue weighted by molar-refractivity contribution is 0.0968. The molecule has 1 aromatic heterocycles. The first-order valence-electron chi connectivity index (χ1n) is 8.46. The number of para-hydroxylation sites is 1. The van der Waals surface area contributed by atoms with Gasteiger partial charge in [0.05, 0.1) is 24.0 Å². The summed E-state index contributed by atoms with van der Waals surface area (Å²) >= 11 is 8.09. The molecule has 0 bridgehead atoms. The number of aromatic nitrogens is 1. The summed E-state index contributed by atoms with van der Waals surface area (Å²) in [6.45, 7) is 1.65. The lowest BCUT2D eigenvalue weighted by Gasteiger charge is -2.14. The maximum absolute atomic E-state index is 6.45. The molecule has 128 valence electrons. The summed E-state index contributed by atoms with van der Waals surface area (Å²) in [5, 5.41) is 2.89. The van der Waals surface area contributed by atoms with Crippen LogP contribution in [-0.2, 0) is 11.3 Å². The van der Waals surface area contributed by atoms with Gasteiger partial charge in [0.15, 0.2) is 4.80 Å². The maximum atomic E-state index is 6.45. The normalized spacial score (nSPS) is 18.0. The highest BCUT2D eigenvalue weighted by atomic mass is 35.5. The van der Waals surface area contributed by atoms with Crippen LogP contribution >= 0.6 is 22.9 Å². The van der Waals surface area contributed by atoms with E-state index in [1.807, 2.05) is 48.5 Å². The molecule has 5 heteroatoms. The standard InChI is InChI=1S/C20H19ClN2OS/c21-18-11-5-4-10-17(18)19-14-25-20(22-15-7-2-1-3-8-15)23(19)13-16-9-6-12-24-16/h1-5,7-8,10-11,14,16H,6,9,12-13H2/t16-/m1/s1. The van der Waals surface area contributed by atoms with Crippen LogP contribution in [0.2, 0.25) is 5.02 Å². The summed E-state index contributed by atoms with van der Waals surface area (Å²) in [6.07, 6.45) is 2.46. The summed E-state index contributed by atoms with van der Waals surface area (Å²) in [5.41, 5.74) is 3.09. The predicted molar refractivity (Wildman–Crippen MR) is 103 cm³/mol. The minimum Gasteiger partial charge on any atom is -0.376 e.